The van der Waals surface area contributed by atoms with Crippen LogP contribution in [0.15, 0.2) is 54.8 Å². The van der Waals surface area contributed by atoms with Crippen LogP contribution in [-0.2, 0) is 9.53 Å². The Morgan fingerprint density at radius 1 is 1.14 bits per heavy atom. The van der Waals surface area contributed by atoms with Gasteiger partial charge in [-0.15, -0.1) is 0 Å². The van der Waals surface area contributed by atoms with Gasteiger partial charge in [0.25, 0.3) is 0 Å². The molecule has 21 heavy (non-hydrogen) atoms. The lowest BCUT2D eigenvalue weighted by Crippen LogP contribution is -2.05. The monoisotopic (exact) mass is 304 g/mol. The topological polar surface area (TPSA) is 55.8 Å². The zero-order valence-corrected chi connectivity index (χ0v) is 12.0. The number of hydrogen-bond acceptors (Lipinski definition) is 4. The molecule has 2 rings (SSSR count). The number of aliphatic hydroxyl groups is 1. The van der Waals surface area contributed by atoms with Crippen molar-refractivity contribution in [3.05, 3.63) is 65.4 Å². The van der Waals surface area contributed by atoms with Gasteiger partial charge >= 0.3 is 5.97 Å². The summed E-state index contributed by atoms with van der Waals surface area (Å²) in [6.45, 7) is 0. The Labute approximate surface area is 127 Å². The van der Waals surface area contributed by atoms with Crippen molar-refractivity contribution in [2.24, 2.45) is 0 Å². The van der Waals surface area contributed by atoms with Gasteiger partial charge in [-0.25, -0.2) is 4.79 Å². The van der Waals surface area contributed by atoms with E-state index in [4.69, 9.17) is 16.3 Å². The van der Waals surface area contributed by atoms with Crippen LogP contribution >= 0.6 is 11.6 Å². The smallest absolute Gasteiger partial charge is 0.341 e. The van der Waals surface area contributed by atoms with Gasteiger partial charge in [-0.2, -0.15) is 0 Å². The number of rotatable bonds is 4. The van der Waals surface area contributed by atoms with Crippen molar-refractivity contribution < 1.29 is 19.4 Å². The van der Waals surface area contributed by atoms with Gasteiger partial charge in [-0.05, 0) is 30.3 Å². The molecule has 0 aliphatic heterocycles. The van der Waals surface area contributed by atoms with Crippen molar-refractivity contribution in [2.75, 3.05) is 7.11 Å². The highest BCUT2D eigenvalue weighted by Gasteiger charge is 2.17. The fourth-order valence-corrected chi connectivity index (χ4v) is 1.88. The van der Waals surface area contributed by atoms with Gasteiger partial charge in [0, 0.05) is 10.6 Å². The summed E-state index contributed by atoms with van der Waals surface area (Å²) in [5.41, 5.74) is 0.448. The van der Waals surface area contributed by atoms with Crippen LogP contribution in [0.1, 0.15) is 5.56 Å². The SMILES string of the molecule is COC(=O)C(=CO)c1ccccc1Oc1ccc(Cl)cc1. The van der Waals surface area contributed by atoms with Crippen molar-refractivity contribution in [3.63, 3.8) is 0 Å². The predicted octanol–water partition coefficient (Wildman–Crippen LogP) is 4.20. The summed E-state index contributed by atoms with van der Waals surface area (Å²) < 4.78 is 10.4. The lowest BCUT2D eigenvalue weighted by Gasteiger charge is -2.12. The van der Waals surface area contributed by atoms with Crippen LogP contribution in [0, 0.1) is 0 Å². The summed E-state index contributed by atoms with van der Waals surface area (Å²) in [7, 11) is 1.24. The molecular formula is C16H13ClO4. The molecule has 2 aromatic carbocycles. The number of methoxy groups -OCH3 is 1. The van der Waals surface area contributed by atoms with Crippen LogP contribution in [0.25, 0.3) is 5.57 Å². The van der Waals surface area contributed by atoms with Gasteiger partial charge in [0.1, 0.15) is 17.1 Å². The number of ether oxygens (including phenoxy) is 2. The minimum atomic E-state index is -0.648. The Morgan fingerprint density at radius 2 is 1.81 bits per heavy atom. The van der Waals surface area contributed by atoms with Gasteiger partial charge in [-0.1, -0.05) is 29.8 Å². The number of carbonyl (C=O) groups excluding carboxylic acids is 1. The van der Waals surface area contributed by atoms with Crippen molar-refractivity contribution in [1.82, 2.24) is 0 Å². The lowest BCUT2D eigenvalue weighted by atomic mass is 10.1. The number of carbonyl (C=O) groups is 1. The third-order valence-corrected chi connectivity index (χ3v) is 3.01. The lowest BCUT2D eigenvalue weighted by molar-refractivity contribution is -0.133. The first kappa shape index (κ1) is 14.9. The number of halogens is 1. The second-order valence-electron chi connectivity index (χ2n) is 4.09. The minimum Gasteiger partial charge on any atom is -0.515 e. The average molecular weight is 305 g/mol. The fraction of sp³-hybridized carbons (Fsp3) is 0.0625. The highest BCUT2D eigenvalue weighted by atomic mass is 35.5. The van der Waals surface area contributed by atoms with E-state index in [0.29, 0.717) is 28.3 Å². The maximum absolute atomic E-state index is 11.7. The molecule has 0 heterocycles. The Morgan fingerprint density at radius 3 is 2.43 bits per heavy atom. The van der Waals surface area contributed by atoms with E-state index in [2.05, 4.69) is 4.74 Å². The molecule has 0 spiro atoms. The molecule has 0 amide bonds. The van der Waals surface area contributed by atoms with E-state index in [1.165, 1.54) is 7.11 Å². The molecule has 0 bridgehead atoms. The molecular weight excluding hydrogens is 292 g/mol. The molecule has 4 nitrogen and oxygen atoms in total. The summed E-state index contributed by atoms with van der Waals surface area (Å²) >= 11 is 5.82. The molecule has 0 unspecified atom stereocenters. The summed E-state index contributed by atoms with van der Waals surface area (Å²) in [5, 5.41) is 9.87. The van der Waals surface area contributed by atoms with Crippen molar-refractivity contribution in [1.29, 1.82) is 0 Å². The van der Waals surface area contributed by atoms with Crippen LogP contribution in [0.3, 0.4) is 0 Å². The number of benzene rings is 2. The molecule has 0 saturated heterocycles. The van der Waals surface area contributed by atoms with Crippen molar-refractivity contribution >= 4 is 23.1 Å². The maximum atomic E-state index is 11.7. The average Bonchev–Trinajstić information content (AvgIpc) is 2.51. The second kappa shape index (κ2) is 6.81. The zero-order valence-electron chi connectivity index (χ0n) is 11.2. The van der Waals surface area contributed by atoms with Crippen LogP contribution in [0.4, 0.5) is 0 Å². The minimum absolute atomic E-state index is 0.0158. The van der Waals surface area contributed by atoms with E-state index in [1.54, 1.807) is 48.5 Å². The van der Waals surface area contributed by atoms with Gasteiger partial charge in [0.05, 0.1) is 13.4 Å². The van der Waals surface area contributed by atoms with Crippen LogP contribution in [0.2, 0.25) is 5.02 Å². The molecule has 0 atom stereocenters. The highest BCUT2D eigenvalue weighted by molar-refractivity contribution is 6.30. The fourth-order valence-electron chi connectivity index (χ4n) is 1.75. The molecule has 5 heteroatoms. The molecule has 0 aliphatic carbocycles. The summed E-state index contributed by atoms with van der Waals surface area (Å²) in [6, 6.07) is 13.7. The third kappa shape index (κ3) is 3.55. The first-order valence-electron chi connectivity index (χ1n) is 6.11. The number of para-hydroxylation sites is 1. The molecule has 1 N–H and O–H groups in total. The molecule has 108 valence electrons. The summed E-state index contributed by atoms with van der Waals surface area (Å²) in [5.74, 6) is 0.337. The summed E-state index contributed by atoms with van der Waals surface area (Å²) in [4.78, 5) is 11.7. The Kier molecular flexibility index (Phi) is 4.85. The van der Waals surface area contributed by atoms with Gasteiger partial charge in [0.15, 0.2) is 0 Å². The van der Waals surface area contributed by atoms with Gasteiger partial charge in [-0.3, -0.25) is 0 Å². The van der Waals surface area contributed by atoms with Crippen molar-refractivity contribution in [3.8, 4) is 11.5 Å². The normalized spacial score (nSPS) is 11.0. The molecule has 0 aromatic heterocycles. The third-order valence-electron chi connectivity index (χ3n) is 2.75. The van der Waals surface area contributed by atoms with Crippen LogP contribution < -0.4 is 4.74 Å². The molecule has 0 fully saturated rings. The van der Waals surface area contributed by atoms with E-state index in [9.17, 15) is 9.90 Å². The first-order valence-corrected chi connectivity index (χ1v) is 6.49. The van der Waals surface area contributed by atoms with Crippen LogP contribution in [0.5, 0.6) is 11.5 Å². The predicted molar refractivity (Wildman–Crippen MR) is 80.6 cm³/mol. The summed E-state index contributed by atoms with van der Waals surface area (Å²) in [6.07, 6.45) is 0.704. The largest absolute Gasteiger partial charge is 0.515 e. The van der Waals surface area contributed by atoms with Crippen LogP contribution in [-0.4, -0.2) is 18.2 Å². The van der Waals surface area contributed by atoms with Gasteiger partial charge < -0.3 is 14.6 Å². The standard InChI is InChI=1S/C16H13ClO4/c1-20-16(19)14(10-18)13-4-2-3-5-15(13)21-12-8-6-11(17)7-9-12/h2-10,18H,1H3. The Balaban J connectivity index is 2.37. The molecule has 0 aliphatic rings. The maximum Gasteiger partial charge on any atom is 0.341 e. The number of hydrogen-bond donors (Lipinski definition) is 1. The Hall–Kier alpha value is -2.46. The van der Waals surface area contributed by atoms with Gasteiger partial charge in [0.2, 0.25) is 0 Å². The van der Waals surface area contributed by atoms with E-state index in [1.807, 2.05) is 0 Å². The van der Waals surface area contributed by atoms with E-state index >= 15 is 0 Å². The molecule has 2 aromatic rings. The second-order valence-corrected chi connectivity index (χ2v) is 4.52. The van der Waals surface area contributed by atoms with E-state index in [-0.39, 0.29) is 5.57 Å². The van der Waals surface area contributed by atoms with Crippen molar-refractivity contribution in [2.45, 2.75) is 0 Å². The zero-order chi connectivity index (χ0) is 15.2. The molecule has 0 saturated carbocycles. The molecule has 0 radical (unpaired) electrons. The quantitative estimate of drug-likeness (QED) is 0.522. The Bertz CT molecular complexity index is 662. The first-order chi connectivity index (χ1) is 10.2. The highest BCUT2D eigenvalue weighted by Crippen LogP contribution is 2.31. The van der Waals surface area contributed by atoms with E-state index < -0.39 is 5.97 Å². The van der Waals surface area contributed by atoms with E-state index in [0.717, 1.165) is 0 Å². The number of aliphatic hydroxyl groups excluding tert-OH is 1. The number of esters is 1.